The van der Waals surface area contributed by atoms with Crippen molar-refractivity contribution in [2.45, 2.75) is 25.3 Å². The zero-order chi connectivity index (χ0) is 14.5. The van der Waals surface area contributed by atoms with Gasteiger partial charge < -0.3 is 20.1 Å². The molecule has 1 aliphatic heterocycles. The lowest BCUT2D eigenvalue weighted by atomic mass is 10.1. The molecule has 0 aromatic heterocycles. The Labute approximate surface area is 123 Å². The smallest absolute Gasteiger partial charge is 0.226 e. The molecule has 20 heavy (non-hydrogen) atoms. The number of nitrogens with one attached hydrogen (secondary N) is 2. The Balaban J connectivity index is 2.07. The Morgan fingerprint density at radius 2 is 2.15 bits per heavy atom. The molecule has 110 valence electrons. The first-order valence-electron chi connectivity index (χ1n) is 6.58. The zero-order valence-electron chi connectivity index (χ0n) is 11.7. The summed E-state index contributed by atoms with van der Waals surface area (Å²) in [6, 6.07) is 3.56. The molecule has 1 aromatic rings. The lowest BCUT2D eigenvalue weighted by Crippen LogP contribution is -2.27. The number of hydrogen-bond acceptors (Lipinski definition) is 4. The number of anilines is 1. The van der Waals surface area contributed by atoms with E-state index in [1.165, 1.54) is 14.2 Å². The lowest BCUT2D eigenvalue weighted by Gasteiger charge is -2.14. The average molecular weight is 299 g/mol. The fraction of sp³-hybridized carbons (Fsp3) is 0.500. The van der Waals surface area contributed by atoms with Crippen molar-refractivity contribution in [3.8, 4) is 11.5 Å². The molecule has 1 unspecified atom stereocenters. The van der Waals surface area contributed by atoms with Crippen LogP contribution in [-0.4, -0.2) is 32.7 Å². The lowest BCUT2D eigenvalue weighted by molar-refractivity contribution is -0.116. The van der Waals surface area contributed by atoms with E-state index in [9.17, 15) is 4.79 Å². The summed E-state index contributed by atoms with van der Waals surface area (Å²) in [5.74, 6) is 0.988. The normalized spacial score (nSPS) is 17.9. The van der Waals surface area contributed by atoms with Crippen LogP contribution in [0.2, 0.25) is 5.02 Å². The van der Waals surface area contributed by atoms with Gasteiger partial charge in [-0.15, -0.1) is 0 Å². The molecule has 0 spiro atoms. The molecule has 5 nitrogen and oxygen atoms in total. The summed E-state index contributed by atoms with van der Waals surface area (Å²) in [5, 5.41) is 6.56. The summed E-state index contributed by atoms with van der Waals surface area (Å²) in [6.07, 6.45) is 2.61. The fourth-order valence-electron chi connectivity index (χ4n) is 2.31. The predicted octanol–water partition coefficient (Wildman–Crippen LogP) is 2.44. The molecule has 1 saturated heterocycles. The Kier molecular flexibility index (Phi) is 5.09. The third-order valence-electron chi connectivity index (χ3n) is 3.34. The van der Waals surface area contributed by atoms with Gasteiger partial charge in [-0.1, -0.05) is 11.6 Å². The number of amides is 1. The summed E-state index contributed by atoms with van der Waals surface area (Å²) >= 11 is 6.07. The van der Waals surface area contributed by atoms with Crippen LogP contribution in [0.4, 0.5) is 5.69 Å². The summed E-state index contributed by atoms with van der Waals surface area (Å²) in [4.78, 5) is 12.0. The van der Waals surface area contributed by atoms with Crippen LogP contribution in [0, 0.1) is 0 Å². The molecular formula is C14H19ClN2O3. The molecule has 2 rings (SSSR count). The van der Waals surface area contributed by atoms with Crippen molar-refractivity contribution in [3.05, 3.63) is 17.2 Å². The topological polar surface area (TPSA) is 59.6 Å². The van der Waals surface area contributed by atoms with E-state index >= 15 is 0 Å². The van der Waals surface area contributed by atoms with Crippen LogP contribution >= 0.6 is 11.6 Å². The van der Waals surface area contributed by atoms with Gasteiger partial charge in [-0.2, -0.15) is 0 Å². The summed E-state index contributed by atoms with van der Waals surface area (Å²) < 4.78 is 10.4. The molecule has 6 heteroatoms. The van der Waals surface area contributed by atoms with Crippen molar-refractivity contribution >= 4 is 23.2 Å². The maximum absolute atomic E-state index is 12.0. The largest absolute Gasteiger partial charge is 0.495 e. The standard InChI is InChI=1S/C14H19ClN2O3/c1-19-12-8-13(20-2)11(7-10(12)15)17-14(18)6-9-4-3-5-16-9/h7-9,16H,3-6H2,1-2H3,(H,17,18). The first-order chi connectivity index (χ1) is 9.63. The number of methoxy groups -OCH3 is 2. The second-order valence-corrected chi connectivity index (χ2v) is 5.14. The first-order valence-corrected chi connectivity index (χ1v) is 6.96. The van der Waals surface area contributed by atoms with Gasteiger partial charge in [-0.3, -0.25) is 4.79 Å². The van der Waals surface area contributed by atoms with E-state index in [0.717, 1.165) is 19.4 Å². The molecule has 1 aliphatic rings. The molecule has 0 aliphatic carbocycles. The molecule has 2 N–H and O–H groups in total. The monoisotopic (exact) mass is 298 g/mol. The van der Waals surface area contributed by atoms with Gasteiger partial charge in [0.15, 0.2) is 0 Å². The maximum Gasteiger partial charge on any atom is 0.226 e. The van der Waals surface area contributed by atoms with Crippen LogP contribution in [0.5, 0.6) is 11.5 Å². The van der Waals surface area contributed by atoms with E-state index in [0.29, 0.717) is 28.6 Å². The highest BCUT2D eigenvalue weighted by molar-refractivity contribution is 6.32. The van der Waals surface area contributed by atoms with Gasteiger partial charge in [0.1, 0.15) is 11.5 Å². The first kappa shape index (κ1) is 14.9. The van der Waals surface area contributed by atoms with Crippen molar-refractivity contribution in [3.63, 3.8) is 0 Å². The van der Waals surface area contributed by atoms with Crippen LogP contribution in [0.1, 0.15) is 19.3 Å². The van der Waals surface area contributed by atoms with Crippen LogP contribution in [-0.2, 0) is 4.79 Å². The van der Waals surface area contributed by atoms with Crippen LogP contribution in [0.25, 0.3) is 0 Å². The molecule has 1 atom stereocenters. The number of benzene rings is 1. The molecule has 1 fully saturated rings. The van der Waals surface area contributed by atoms with E-state index in [-0.39, 0.29) is 11.9 Å². The second-order valence-electron chi connectivity index (χ2n) is 4.73. The molecule has 0 saturated carbocycles. The number of carbonyl (C=O) groups excluding carboxylic acids is 1. The van der Waals surface area contributed by atoms with Crippen LogP contribution < -0.4 is 20.1 Å². The summed E-state index contributed by atoms with van der Waals surface area (Å²) in [7, 11) is 3.07. The zero-order valence-corrected chi connectivity index (χ0v) is 12.4. The van der Waals surface area contributed by atoms with E-state index < -0.39 is 0 Å². The van der Waals surface area contributed by atoms with Gasteiger partial charge in [0.05, 0.1) is 24.9 Å². The van der Waals surface area contributed by atoms with E-state index in [4.69, 9.17) is 21.1 Å². The van der Waals surface area contributed by atoms with Gasteiger partial charge in [-0.25, -0.2) is 0 Å². The Hall–Kier alpha value is -1.46. The van der Waals surface area contributed by atoms with Crippen molar-refractivity contribution in [2.75, 3.05) is 26.1 Å². The van der Waals surface area contributed by atoms with Gasteiger partial charge in [0.25, 0.3) is 0 Å². The minimum atomic E-state index is -0.0519. The summed E-state index contributed by atoms with van der Waals surface area (Å²) in [5.41, 5.74) is 0.557. The van der Waals surface area contributed by atoms with E-state index in [1.807, 2.05) is 0 Å². The van der Waals surface area contributed by atoms with Gasteiger partial charge in [0.2, 0.25) is 5.91 Å². The van der Waals surface area contributed by atoms with Gasteiger partial charge in [-0.05, 0) is 25.5 Å². The van der Waals surface area contributed by atoms with Crippen LogP contribution in [0.15, 0.2) is 12.1 Å². The highest BCUT2D eigenvalue weighted by Crippen LogP contribution is 2.35. The number of rotatable bonds is 5. The SMILES string of the molecule is COc1cc(OC)c(NC(=O)CC2CCCN2)cc1Cl. The van der Waals surface area contributed by atoms with Gasteiger partial charge in [0, 0.05) is 18.5 Å². The number of ether oxygens (including phenoxy) is 2. The molecular weight excluding hydrogens is 280 g/mol. The molecule has 1 heterocycles. The Morgan fingerprint density at radius 3 is 2.75 bits per heavy atom. The average Bonchev–Trinajstić information content (AvgIpc) is 2.91. The van der Waals surface area contributed by atoms with E-state index in [1.54, 1.807) is 12.1 Å². The van der Waals surface area contributed by atoms with Crippen molar-refractivity contribution < 1.29 is 14.3 Å². The number of halogens is 1. The Morgan fingerprint density at radius 1 is 1.40 bits per heavy atom. The maximum atomic E-state index is 12.0. The molecule has 1 amide bonds. The quantitative estimate of drug-likeness (QED) is 0.876. The fourth-order valence-corrected chi connectivity index (χ4v) is 2.55. The van der Waals surface area contributed by atoms with Crippen LogP contribution in [0.3, 0.4) is 0 Å². The predicted molar refractivity (Wildman–Crippen MR) is 78.8 cm³/mol. The van der Waals surface area contributed by atoms with E-state index in [2.05, 4.69) is 10.6 Å². The minimum absolute atomic E-state index is 0.0519. The Bertz CT molecular complexity index is 488. The second kappa shape index (κ2) is 6.81. The molecule has 0 radical (unpaired) electrons. The molecule has 1 aromatic carbocycles. The highest BCUT2D eigenvalue weighted by atomic mass is 35.5. The van der Waals surface area contributed by atoms with Crippen molar-refractivity contribution in [2.24, 2.45) is 0 Å². The van der Waals surface area contributed by atoms with Gasteiger partial charge >= 0.3 is 0 Å². The number of carbonyl (C=O) groups is 1. The summed E-state index contributed by atoms with van der Waals surface area (Å²) in [6.45, 7) is 0.982. The molecule has 0 bridgehead atoms. The third kappa shape index (κ3) is 3.55. The minimum Gasteiger partial charge on any atom is -0.495 e. The number of hydrogen-bond donors (Lipinski definition) is 2. The highest BCUT2D eigenvalue weighted by Gasteiger charge is 2.19. The van der Waals surface area contributed by atoms with Crippen molar-refractivity contribution in [1.29, 1.82) is 0 Å². The van der Waals surface area contributed by atoms with Crippen molar-refractivity contribution in [1.82, 2.24) is 5.32 Å². The third-order valence-corrected chi connectivity index (χ3v) is 3.64.